The third-order valence-corrected chi connectivity index (χ3v) is 14.9. The van der Waals surface area contributed by atoms with Gasteiger partial charge in [-0.25, -0.2) is 0 Å². The van der Waals surface area contributed by atoms with Gasteiger partial charge in [-0.1, -0.05) is 80.2 Å². The molecular weight excluding hydrogens is 1250 g/mol. The summed E-state index contributed by atoms with van der Waals surface area (Å²) >= 11 is 14.5. The molecular formula is C72H67N12NaO6S3. The zero-order chi connectivity index (χ0) is 65.1. The van der Waals surface area contributed by atoms with Gasteiger partial charge in [0.05, 0.1) is 76.8 Å². The molecule has 0 aliphatic carbocycles. The average molecular weight is 1320 g/mol. The second-order valence-electron chi connectivity index (χ2n) is 19.8. The van der Waals surface area contributed by atoms with Gasteiger partial charge in [0.15, 0.2) is 10.2 Å². The number of anilines is 3. The van der Waals surface area contributed by atoms with Crippen LogP contribution in [0.4, 0.5) is 17.1 Å². The standard InChI is InChI=1S/C26H22N4O2S.C19H18N4OS.C18H17N3O.C8H5NOS.CH4.Na.H2O/c1-3-30-23-15-20(32-2)12-13-21(23)22(16-27)24(30)18-10-7-11-19(14-18)28-26(33)29-25(31)17-8-5-4-6-9-17;1-3-23-17-10-14(24-2)7-8-15(17)16(11-20)18(23)12-5-4-6-13(9-12)22-19(21)25;1-3-21-17-10-14(22-2)7-8-15(17)16(11-19)18(21)12-5-4-6-13(20)9-12;10-8(9-6-11)7-4-2-1-3-5-7;;;/h4-15H,3H2,1-2H3,(H2,28,29,31,33);4-10H,3H2,1-2H3,(H3,21,22,25);4-10H,3,20H2,1-2H3;1-5H;1H4;;1H2/q;;;;;+1;/p-1. The molecule has 0 unspecified atom stereocenters. The van der Waals surface area contributed by atoms with Crippen LogP contribution in [0.25, 0.3) is 66.5 Å². The summed E-state index contributed by atoms with van der Waals surface area (Å²) in [6.07, 6.45) is 0. The monoisotopic (exact) mass is 1310 g/mol. The number of thiocarbonyl (C=S) groups is 3. The molecule has 18 nitrogen and oxygen atoms in total. The minimum absolute atomic E-state index is 0. The summed E-state index contributed by atoms with van der Waals surface area (Å²) in [5.41, 5.74) is 24.9. The molecule has 8 N–H and O–H groups in total. The van der Waals surface area contributed by atoms with Gasteiger partial charge >= 0.3 is 29.6 Å². The number of ether oxygens (including phenoxy) is 3. The van der Waals surface area contributed by atoms with Crippen molar-refractivity contribution in [2.45, 2.75) is 47.8 Å². The predicted molar refractivity (Wildman–Crippen MR) is 382 cm³/mol. The number of nitriles is 3. The van der Waals surface area contributed by atoms with Crippen LogP contribution in [0.5, 0.6) is 17.2 Å². The molecule has 0 saturated carbocycles. The molecule has 0 fully saturated rings. The molecule has 11 rings (SSSR count). The van der Waals surface area contributed by atoms with Gasteiger partial charge in [0.1, 0.15) is 35.5 Å². The molecule has 0 radical (unpaired) electrons. The Balaban J connectivity index is 0.000000236. The van der Waals surface area contributed by atoms with E-state index in [1.165, 1.54) is 0 Å². The number of nitrogens with two attached hydrogens (primary N) is 2. The van der Waals surface area contributed by atoms with Crippen molar-refractivity contribution in [3.8, 4) is 69.2 Å². The van der Waals surface area contributed by atoms with Gasteiger partial charge in [0.25, 0.3) is 11.8 Å². The summed E-state index contributed by atoms with van der Waals surface area (Å²) < 4.78 is 22.4. The molecule has 470 valence electrons. The second-order valence-corrected chi connectivity index (χ2v) is 20.8. The minimum Gasteiger partial charge on any atom is -0.870 e. The van der Waals surface area contributed by atoms with Crippen molar-refractivity contribution in [2.24, 2.45) is 10.7 Å². The molecule has 0 saturated heterocycles. The van der Waals surface area contributed by atoms with E-state index in [2.05, 4.69) is 78.9 Å². The number of methoxy groups -OCH3 is 3. The Morgan fingerprint density at radius 1 is 0.521 bits per heavy atom. The number of nitrogens with one attached hydrogen (secondary N) is 3. The Kier molecular flexibility index (Phi) is 27.9. The number of isothiocyanates is 1. The smallest absolute Gasteiger partial charge is 0.870 e. The number of rotatable bonds is 13. The number of aliphatic imine (C=N–C) groups is 1. The summed E-state index contributed by atoms with van der Waals surface area (Å²) in [6.45, 7) is 8.34. The van der Waals surface area contributed by atoms with Gasteiger partial charge in [0.2, 0.25) is 0 Å². The van der Waals surface area contributed by atoms with Crippen LogP contribution in [0.2, 0.25) is 0 Å². The van der Waals surface area contributed by atoms with Crippen LogP contribution in [0.15, 0.2) is 193 Å². The van der Waals surface area contributed by atoms with Crippen molar-refractivity contribution in [2.75, 3.05) is 37.7 Å². The van der Waals surface area contributed by atoms with Gasteiger partial charge in [-0.3, -0.25) is 14.9 Å². The number of hydrogen-bond acceptors (Lipinski definition) is 13. The van der Waals surface area contributed by atoms with E-state index in [-0.39, 0.29) is 64.5 Å². The molecule has 0 spiro atoms. The number of aromatic nitrogens is 3. The van der Waals surface area contributed by atoms with E-state index >= 15 is 0 Å². The maximum absolute atomic E-state index is 12.4. The van der Waals surface area contributed by atoms with E-state index in [0.29, 0.717) is 45.7 Å². The predicted octanol–water partition coefficient (Wildman–Crippen LogP) is 12.4. The van der Waals surface area contributed by atoms with Crippen molar-refractivity contribution in [3.63, 3.8) is 0 Å². The summed E-state index contributed by atoms with van der Waals surface area (Å²) in [4.78, 5) is 26.6. The van der Waals surface area contributed by atoms with Crippen LogP contribution in [0.1, 0.15) is 65.6 Å². The Bertz CT molecular complexity index is 4720. The van der Waals surface area contributed by atoms with Gasteiger partial charge in [-0.15, -0.1) is 0 Å². The van der Waals surface area contributed by atoms with Crippen molar-refractivity contribution in [3.05, 3.63) is 216 Å². The Morgan fingerprint density at radius 3 is 1.24 bits per heavy atom. The largest absolute Gasteiger partial charge is 1.00 e. The van der Waals surface area contributed by atoms with Crippen LogP contribution >= 0.6 is 36.7 Å². The summed E-state index contributed by atoms with van der Waals surface area (Å²) in [5, 5.41) is 43.2. The first-order valence-electron chi connectivity index (χ1n) is 28.5. The van der Waals surface area contributed by atoms with Gasteiger partial charge in [-0.05, 0) is 154 Å². The molecule has 22 heteroatoms. The van der Waals surface area contributed by atoms with Crippen LogP contribution in [-0.2, 0) is 19.6 Å². The first kappa shape index (κ1) is 74.3. The number of nitrogen functional groups attached to an aromatic ring is 1. The molecule has 0 bridgehead atoms. The van der Waals surface area contributed by atoms with E-state index in [1.54, 1.807) is 69.9 Å². The van der Waals surface area contributed by atoms with Crippen molar-refractivity contribution < 1.29 is 58.8 Å². The SMILES string of the molecule is C.CCn1c(-c2cccc(N)c2)c(C#N)c2ccc(OC)cc21.CCn1c(-c2cccc(NC(=S)NC(=O)c3ccccc3)c2)c(C#N)c2ccc(OC)cc21.CCn1c(-c2cccc(NC(N)=S)c2)c(C#N)c2ccc(OC)cc21.O=C(N=C=S)c1ccccc1.[Na+].[OH-]. The number of benzene rings is 8. The van der Waals surface area contributed by atoms with Crippen LogP contribution < -0.4 is 71.2 Å². The fourth-order valence-electron chi connectivity index (χ4n) is 10.5. The van der Waals surface area contributed by atoms with Crippen LogP contribution in [0, 0.1) is 34.0 Å². The van der Waals surface area contributed by atoms with Crippen molar-refractivity contribution in [1.82, 2.24) is 19.0 Å². The molecule has 3 heterocycles. The zero-order valence-corrected chi connectivity index (χ0v) is 56.5. The first-order valence-corrected chi connectivity index (χ1v) is 29.7. The third-order valence-electron chi connectivity index (χ3n) is 14.5. The molecule has 0 aliphatic rings. The number of amides is 2. The summed E-state index contributed by atoms with van der Waals surface area (Å²) in [6, 6.07) is 64.9. The number of carbonyl (C=O) groups is 2. The molecule has 0 atom stereocenters. The zero-order valence-electron chi connectivity index (χ0n) is 52.0. The Labute approximate surface area is 584 Å². The van der Waals surface area contributed by atoms with Crippen LogP contribution in [-0.4, -0.2) is 67.7 Å². The molecule has 3 aromatic heterocycles. The Morgan fingerprint density at radius 2 is 0.894 bits per heavy atom. The number of nitrogens with zero attached hydrogens (tertiary/aromatic N) is 7. The first-order chi connectivity index (χ1) is 44.2. The maximum atomic E-state index is 12.4. The maximum Gasteiger partial charge on any atom is 1.00 e. The minimum atomic E-state index is -0.347. The fourth-order valence-corrected chi connectivity index (χ4v) is 10.9. The molecule has 94 heavy (non-hydrogen) atoms. The number of carbonyl (C=O) groups excluding carboxylic acids is 2. The third kappa shape index (κ3) is 17.2. The second kappa shape index (κ2) is 35.4. The molecule has 2 amide bonds. The number of aryl methyl sites for hydroxylation is 3. The van der Waals surface area contributed by atoms with E-state index in [4.69, 9.17) is 50.1 Å². The van der Waals surface area contributed by atoms with Gasteiger partial charge < -0.3 is 55.5 Å². The molecule has 11 aromatic rings. The Hall–Kier alpha value is -10.5. The molecule has 8 aromatic carbocycles. The number of fused-ring (bicyclic) bond motifs is 3. The average Bonchev–Trinajstić information content (AvgIpc) is 1.63. The normalized spacial score (nSPS) is 9.90. The van der Waals surface area contributed by atoms with Gasteiger partial charge in [-0.2, -0.15) is 20.8 Å². The quantitative estimate of drug-likeness (QED) is 0.0310. The van der Waals surface area contributed by atoms with Gasteiger partial charge in [0, 0.05) is 98.9 Å². The van der Waals surface area contributed by atoms with E-state index in [9.17, 15) is 25.4 Å². The summed E-state index contributed by atoms with van der Waals surface area (Å²) in [7, 11) is 4.91. The number of hydrogen-bond donors (Lipinski definition) is 5. The van der Waals surface area contributed by atoms with Crippen molar-refractivity contribution >= 4 is 114 Å². The summed E-state index contributed by atoms with van der Waals surface area (Å²) in [5.74, 6) is 1.65. The van der Waals surface area contributed by atoms with Crippen LogP contribution in [0.3, 0.4) is 0 Å². The van der Waals surface area contributed by atoms with E-state index < -0.39 is 0 Å². The topological polar surface area (TPSA) is 278 Å². The van der Waals surface area contributed by atoms with Crippen molar-refractivity contribution in [1.29, 1.82) is 15.8 Å². The van der Waals surface area contributed by atoms with E-state index in [0.717, 1.165) is 103 Å². The van der Waals surface area contributed by atoms with E-state index in [1.807, 2.05) is 152 Å². The molecule has 0 aliphatic heterocycles. The fraction of sp³-hybridized carbons (Fsp3) is 0.139.